The quantitative estimate of drug-likeness (QED) is 0.309. The maximum atomic E-state index is 15.2. The first-order valence-electron chi connectivity index (χ1n) is 14.7. The number of benzene rings is 2. The van der Waals surface area contributed by atoms with Crippen molar-refractivity contribution in [3.8, 4) is 0 Å². The number of likely N-dealkylation sites (N-methyl/N-ethyl adjacent to an activating group) is 1. The van der Waals surface area contributed by atoms with Crippen molar-refractivity contribution in [3.63, 3.8) is 0 Å². The summed E-state index contributed by atoms with van der Waals surface area (Å²) in [5.41, 5.74) is 1.18. The smallest absolute Gasteiger partial charge is 0.362 e. The number of sulfonamides is 1. The SMILES string of the molecule is CN[C@H](C(=O)Nc1cccc(F)c1CC[C@H]1CN[C@@H]2CCCS(=O)(=O)N1C2)[C@H](C1=CN=C(C(F)(F)F)NC1)c1ccc(F)cc1. The number of fused-ring (bicyclic) bond motifs is 2. The molecule has 9 nitrogen and oxygen atoms in total. The van der Waals surface area contributed by atoms with Crippen LogP contribution in [0.5, 0.6) is 0 Å². The molecule has 2 bridgehead atoms. The van der Waals surface area contributed by atoms with Gasteiger partial charge < -0.3 is 21.3 Å². The van der Waals surface area contributed by atoms with Crippen molar-refractivity contribution in [2.75, 3.05) is 37.8 Å². The molecule has 1 amide bonds. The number of amides is 1. The summed E-state index contributed by atoms with van der Waals surface area (Å²) in [6, 6.07) is 8.10. The highest BCUT2D eigenvalue weighted by molar-refractivity contribution is 7.89. The number of piperazine rings is 1. The lowest BCUT2D eigenvalue weighted by atomic mass is 9.84. The minimum absolute atomic E-state index is 0.0676. The Labute approximate surface area is 258 Å². The van der Waals surface area contributed by atoms with Gasteiger partial charge in [-0.3, -0.25) is 4.79 Å². The Morgan fingerprint density at radius 3 is 2.58 bits per heavy atom. The summed E-state index contributed by atoms with van der Waals surface area (Å²) in [7, 11) is -1.94. The molecule has 0 aliphatic carbocycles. The molecular weight excluding hydrogens is 619 g/mol. The summed E-state index contributed by atoms with van der Waals surface area (Å²) in [5, 5.41) is 11.3. The van der Waals surface area contributed by atoms with Gasteiger partial charge in [0.05, 0.1) is 11.8 Å². The van der Waals surface area contributed by atoms with E-state index in [1.165, 1.54) is 53.8 Å². The molecule has 3 heterocycles. The summed E-state index contributed by atoms with van der Waals surface area (Å²) >= 11 is 0. The standard InChI is InChI=1S/C30H35F5N6O3S/c1-36-27(26(18-7-9-20(31)10-8-18)19-14-38-29(39-15-19)30(33,34)35)28(42)40-25-6-2-5-24(32)23(25)12-11-22-16-37-21-4-3-13-45(43,44)41(22)17-21/h2,5-10,14,21-22,26-27,36-37H,3-4,11-13,15-17H2,1H3,(H,38,39)(H,40,42)/t21-,22+,26+,27+/m1/s1. The molecule has 244 valence electrons. The Kier molecular flexibility index (Phi) is 9.91. The van der Waals surface area contributed by atoms with Crippen molar-refractivity contribution in [1.29, 1.82) is 0 Å². The van der Waals surface area contributed by atoms with Crippen LogP contribution in [-0.2, 0) is 21.2 Å². The first-order chi connectivity index (χ1) is 21.4. The molecule has 0 spiro atoms. The van der Waals surface area contributed by atoms with E-state index in [4.69, 9.17) is 0 Å². The topological polar surface area (TPSA) is 115 Å². The fraction of sp³-hybridized carbons (Fsp3) is 0.467. The van der Waals surface area contributed by atoms with Crippen LogP contribution in [0.15, 0.2) is 59.2 Å². The van der Waals surface area contributed by atoms with Gasteiger partial charge in [0.2, 0.25) is 21.8 Å². The van der Waals surface area contributed by atoms with E-state index in [0.717, 1.165) is 12.6 Å². The minimum Gasteiger partial charge on any atom is -0.362 e. The van der Waals surface area contributed by atoms with E-state index < -0.39 is 51.5 Å². The molecule has 2 aromatic rings. The number of alkyl halides is 3. The second-order valence-electron chi connectivity index (χ2n) is 11.4. The van der Waals surface area contributed by atoms with Crippen molar-refractivity contribution in [1.82, 2.24) is 20.3 Å². The molecule has 45 heavy (non-hydrogen) atoms. The van der Waals surface area contributed by atoms with E-state index in [2.05, 4.69) is 26.3 Å². The fourth-order valence-electron chi connectivity index (χ4n) is 6.22. The lowest BCUT2D eigenvalue weighted by Gasteiger charge is -2.37. The van der Waals surface area contributed by atoms with Gasteiger partial charge in [-0.1, -0.05) is 18.2 Å². The molecule has 5 atom stereocenters. The number of hydrogen-bond acceptors (Lipinski definition) is 7. The van der Waals surface area contributed by atoms with E-state index in [-0.39, 0.29) is 42.1 Å². The number of nitrogens with one attached hydrogen (secondary N) is 4. The number of anilines is 1. The van der Waals surface area contributed by atoms with E-state index in [0.29, 0.717) is 37.1 Å². The first kappa shape index (κ1) is 33.0. The third-order valence-electron chi connectivity index (χ3n) is 8.51. The van der Waals surface area contributed by atoms with Crippen LogP contribution in [0, 0.1) is 11.6 Å². The highest BCUT2D eigenvalue weighted by atomic mass is 32.2. The molecule has 15 heteroatoms. The molecule has 4 N–H and O–H groups in total. The largest absolute Gasteiger partial charge is 0.449 e. The summed E-state index contributed by atoms with van der Waals surface area (Å²) in [6.45, 7) is 0.525. The van der Waals surface area contributed by atoms with E-state index in [9.17, 15) is 30.8 Å². The normalized spacial score (nSPS) is 24.4. The summed E-state index contributed by atoms with van der Waals surface area (Å²) < 4.78 is 95.9. The number of rotatable bonds is 9. The molecule has 2 fully saturated rings. The van der Waals surface area contributed by atoms with E-state index >= 15 is 4.39 Å². The number of carbonyl (C=O) groups excluding carboxylic acids is 1. The van der Waals surface area contributed by atoms with Crippen molar-refractivity contribution >= 4 is 27.5 Å². The van der Waals surface area contributed by atoms with Crippen molar-refractivity contribution in [2.45, 2.75) is 55.9 Å². The predicted octanol–water partition coefficient (Wildman–Crippen LogP) is 3.42. The summed E-state index contributed by atoms with van der Waals surface area (Å²) in [4.78, 5) is 17.3. The molecule has 0 saturated carbocycles. The van der Waals surface area contributed by atoms with Crippen molar-refractivity contribution in [2.24, 2.45) is 4.99 Å². The predicted molar refractivity (Wildman–Crippen MR) is 160 cm³/mol. The third-order valence-corrected chi connectivity index (χ3v) is 10.5. The zero-order valence-corrected chi connectivity index (χ0v) is 25.3. The lowest BCUT2D eigenvalue weighted by Crippen LogP contribution is -2.57. The molecule has 2 aromatic carbocycles. The zero-order valence-electron chi connectivity index (χ0n) is 24.5. The van der Waals surface area contributed by atoms with Crippen molar-refractivity contribution in [3.05, 3.63) is 77.0 Å². The molecule has 3 aliphatic heterocycles. The Morgan fingerprint density at radius 1 is 1.16 bits per heavy atom. The highest BCUT2D eigenvalue weighted by Crippen LogP contribution is 2.32. The number of halogens is 5. The highest BCUT2D eigenvalue weighted by Gasteiger charge is 2.40. The number of amidine groups is 1. The average Bonchev–Trinajstić information content (AvgIpc) is 3.11. The molecular formula is C30H35F5N6O3S. The van der Waals surface area contributed by atoms with E-state index in [1.54, 1.807) is 0 Å². The monoisotopic (exact) mass is 654 g/mol. The van der Waals surface area contributed by atoms with Gasteiger partial charge in [-0.2, -0.15) is 17.5 Å². The van der Waals surface area contributed by atoms with Gasteiger partial charge in [0.25, 0.3) is 0 Å². The number of aliphatic imine (C=N–C) groups is 1. The molecule has 3 aliphatic rings. The molecule has 0 radical (unpaired) electrons. The van der Waals surface area contributed by atoms with Gasteiger partial charge >= 0.3 is 6.18 Å². The fourth-order valence-corrected chi connectivity index (χ4v) is 8.03. The maximum absolute atomic E-state index is 15.2. The number of carbonyl (C=O) groups is 1. The Bertz CT molecular complexity index is 1560. The molecule has 2 saturated heterocycles. The zero-order chi connectivity index (χ0) is 32.4. The third kappa shape index (κ3) is 7.54. The maximum Gasteiger partial charge on any atom is 0.449 e. The second kappa shape index (κ2) is 13.5. The molecule has 0 aromatic heterocycles. The lowest BCUT2D eigenvalue weighted by molar-refractivity contribution is -0.118. The van der Waals surface area contributed by atoms with Crippen LogP contribution in [0.4, 0.5) is 27.6 Å². The Hall–Kier alpha value is -3.40. The molecule has 5 rings (SSSR count). The van der Waals surface area contributed by atoms with Gasteiger partial charge in [0, 0.05) is 55.1 Å². The summed E-state index contributed by atoms with van der Waals surface area (Å²) in [5.74, 6) is -3.68. The van der Waals surface area contributed by atoms with Crippen LogP contribution in [0.3, 0.4) is 0 Å². The van der Waals surface area contributed by atoms with Crippen LogP contribution in [0.25, 0.3) is 0 Å². The second-order valence-corrected chi connectivity index (χ2v) is 13.5. The van der Waals surface area contributed by atoms with Crippen LogP contribution in [-0.4, -0.2) is 81.2 Å². The van der Waals surface area contributed by atoms with Gasteiger partial charge in [0.1, 0.15) is 11.6 Å². The number of nitrogens with zero attached hydrogens (tertiary/aromatic N) is 2. The first-order valence-corrected chi connectivity index (χ1v) is 16.3. The summed E-state index contributed by atoms with van der Waals surface area (Å²) in [6.07, 6.45) is -1.84. The molecule has 1 unspecified atom stereocenters. The van der Waals surface area contributed by atoms with Gasteiger partial charge in [-0.05, 0) is 68.1 Å². The van der Waals surface area contributed by atoms with Crippen LogP contribution in [0.2, 0.25) is 0 Å². The van der Waals surface area contributed by atoms with Crippen LogP contribution in [0.1, 0.15) is 36.3 Å². The van der Waals surface area contributed by atoms with Crippen LogP contribution >= 0.6 is 0 Å². The number of hydrogen-bond donors (Lipinski definition) is 4. The Balaban J connectivity index is 1.39. The van der Waals surface area contributed by atoms with E-state index in [1.807, 2.05) is 0 Å². The van der Waals surface area contributed by atoms with Gasteiger partial charge in [-0.15, -0.1) is 0 Å². The average molecular weight is 655 g/mol. The van der Waals surface area contributed by atoms with Crippen molar-refractivity contribution < 1.29 is 35.2 Å². The van der Waals surface area contributed by atoms with Gasteiger partial charge in [0.15, 0.2) is 0 Å². The van der Waals surface area contributed by atoms with Crippen LogP contribution < -0.4 is 21.3 Å². The Morgan fingerprint density at radius 2 is 1.91 bits per heavy atom. The minimum atomic E-state index is -4.69. The van der Waals surface area contributed by atoms with Gasteiger partial charge in [-0.25, -0.2) is 22.2 Å².